The van der Waals surface area contributed by atoms with Gasteiger partial charge in [-0.3, -0.25) is 4.98 Å². The van der Waals surface area contributed by atoms with E-state index in [1.165, 1.54) is 11.3 Å². The van der Waals surface area contributed by atoms with E-state index in [0.717, 1.165) is 98.9 Å². The van der Waals surface area contributed by atoms with Crippen molar-refractivity contribution in [3.63, 3.8) is 0 Å². The van der Waals surface area contributed by atoms with Crippen LogP contribution in [0.4, 0.5) is 17.1 Å². The second-order valence-corrected chi connectivity index (χ2v) is 10.9. The lowest BCUT2D eigenvalue weighted by Gasteiger charge is -2.46. The van der Waals surface area contributed by atoms with E-state index in [9.17, 15) is 5.11 Å². The van der Waals surface area contributed by atoms with Crippen molar-refractivity contribution in [3.8, 4) is 5.75 Å². The maximum atomic E-state index is 10.3. The number of aliphatic hydroxyl groups is 1. The van der Waals surface area contributed by atoms with Gasteiger partial charge < -0.3 is 30.1 Å². The Labute approximate surface area is 217 Å². The van der Waals surface area contributed by atoms with E-state index in [0.29, 0.717) is 5.92 Å². The van der Waals surface area contributed by atoms with Crippen molar-refractivity contribution < 1.29 is 14.6 Å². The van der Waals surface area contributed by atoms with Gasteiger partial charge >= 0.3 is 0 Å². The largest absolute Gasteiger partial charge is 0.483 e. The van der Waals surface area contributed by atoms with Gasteiger partial charge in [-0.25, -0.2) is 0 Å². The van der Waals surface area contributed by atoms with Crippen molar-refractivity contribution in [1.29, 1.82) is 0 Å². The van der Waals surface area contributed by atoms with Crippen LogP contribution in [0.2, 0.25) is 0 Å². The van der Waals surface area contributed by atoms with E-state index in [1.54, 1.807) is 6.20 Å². The van der Waals surface area contributed by atoms with Crippen molar-refractivity contribution in [3.05, 3.63) is 77.4 Å². The summed E-state index contributed by atoms with van der Waals surface area (Å²) >= 11 is 0. The molecule has 3 N–H and O–H groups in total. The molecular weight excluding hydrogens is 464 g/mol. The van der Waals surface area contributed by atoms with Crippen molar-refractivity contribution >= 4 is 17.1 Å². The van der Waals surface area contributed by atoms with Crippen LogP contribution in [0.3, 0.4) is 0 Å². The Morgan fingerprint density at radius 1 is 1.22 bits per heavy atom. The number of hydrogen-bond donors (Lipinski definition) is 3. The molecule has 4 heterocycles. The number of pyridine rings is 1. The van der Waals surface area contributed by atoms with Crippen molar-refractivity contribution in [2.45, 2.75) is 50.2 Å². The number of anilines is 3. The highest BCUT2D eigenvalue weighted by Crippen LogP contribution is 2.44. The summed E-state index contributed by atoms with van der Waals surface area (Å²) in [6, 6.07) is 8.46. The minimum absolute atomic E-state index is 0.215. The SMILES string of the molecule is OC1CCc2c(Nc3ccc4c(c3)OC3(CCOCC3)CN4CCC3=CNC4=CC=CCC34)ccnc21. The molecule has 37 heavy (non-hydrogen) atoms. The molecule has 7 heteroatoms. The fourth-order valence-corrected chi connectivity index (χ4v) is 6.50. The Hall–Kier alpha value is -3.29. The van der Waals surface area contributed by atoms with Crippen LogP contribution in [0.1, 0.15) is 49.5 Å². The first kappa shape index (κ1) is 22.9. The first-order valence-corrected chi connectivity index (χ1v) is 13.6. The van der Waals surface area contributed by atoms with Gasteiger partial charge in [0.2, 0.25) is 0 Å². The van der Waals surface area contributed by atoms with Gasteiger partial charge in [-0.1, -0.05) is 12.2 Å². The molecule has 0 amide bonds. The summed E-state index contributed by atoms with van der Waals surface area (Å²) < 4.78 is 12.5. The van der Waals surface area contributed by atoms with Gasteiger partial charge in [0.05, 0.1) is 37.2 Å². The van der Waals surface area contributed by atoms with Crippen LogP contribution in [0.15, 0.2) is 66.2 Å². The Balaban J connectivity index is 1.15. The molecule has 2 atom stereocenters. The Morgan fingerprint density at radius 3 is 3.05 bits per heavy atom. The van der Waals surface area contributed by atoms with Crippen LogP contribution < -0.4 is 20.3 Å². The van der Waals surface area contributed by atoms with Crippen LogP contribution >= 0.6 is 0 Å². The summed E-state index contributed by atoms with van der Waals surface area (Å²) in [5.41, 5.74) is 7.67. The monoisotopic (exact) mass is 498 g/mol. The normalized spacial score (nSPS) is 24.9. The highest BCUT2D eigenvalue weighted by Gasteiger charge is 2.41. The lowest BCUT2D eigenvalue weighted by molar-refractivity contribution is -0.0454. The molecule has 1 aromatic heterocycles. The maximum absolute atomic E-state index is 10.3. The number of ether oxygens (including phenoxy) is 2. The Morgan fingerprint density at radius 2 is 2.14 bits per heavy atom. The number of aromatic nitrogens is 1. The van der Waals surface area contributed by atoms with Gasteiger partial charge in [0, 0.05) is 60.8 Å². The van der Waals surface area contributed by atoms with Crippen molar-refractivity contribution in [2.75, 3.05) is 36.5 Å². The van der Waals surface area contributed by atoms with E-state index in [1.807, 2.05) is 6.07 Å². The average molecular weight is 499 g/mol. The predicted octanol–water partition coefficient (Wildman–Crippen LogP) is 4.89. The molecule has 192 valence electrons. The first-order valence-electron chi connectivity index (χ1n) is 13.6. The van der Waals surface area contributed by atoms with Crippen LogP contribution in [0.5, 0.6) is 5.75 Å². The molecular formula is C30H34N4O3. The fourth-order valence-electron chi connectivity index (χ4n) is 6.50. The number of fused-ring (bicyclic) bond motifs is 3. The lowest BCUT2D eigenvalue weighted by atomic mass is 9.89. The molecule has 0 radical (unpaired) electrons. The summed E-state index contributed by atoms with van der Waals surface area (Å²) in [6.07, 6.45) is 15.6. The van der Waals surface area contributed by atoms with Gasteiger partial charge in [0.25, 0.3) is 0 Å². The van der Waals surface area contributed by atoms with Crippen LogP contribution in [-0.4, -0.2) is 42.0 Å². The molecule has 1 aromatic carbocycles. The second-order valence-electron chi connectivity index (χ2n) is 10.9. The molecule has 0 saturated carbocycles. The van der Waals surface area contributed by atoms with Crippen molar-refractivity contribution in [1.82, 2.24) is 10.3 Å². The van der Waals surface area contributed by atoms with E-state index >= 15 is 0 Å². The van der Waals surface area contributed by atoms with Gasteiger partial charge in [0.1, 0.15) is 11.4 Å². The number of allylic oxidation sites excluding steroid dienone is 4. The van der Waals surface area contributed by atoms with Gasteiger partial charge in [-0.05, 0) is 61.1 Å². The molecule has 0 bridgehead atoms. The van der Waals surface area contributed by atoms with Gasteiger partial charge in [-0.2, -0.15) is 0 Å². The van der Waals surface area contributed by atoms with Crippen LogP contribution in [0, 0.1) is 5.92 Å². The molecule has 5 aliphatic rings. The number of rotatable bonds is 5. The molecule has 2 aliphatic carbocycles. The molecule has 7 nitrogen and oxygen atoms in total. The average Bonchev–Trinajstić information content (AvgIpc) is 3.51. The summed E-state index contributed by atoms with van der Waals surface area (Å²) in [6.45, 7) is 3.33. The Kier molecular flexibility index (Phi) is 5.70. The third kappa shape index (κ3) is 4.20. The predicted molar refractivity (Wildman–Crippen MR) is 144 cm³/mol. The Bertz CT molecular complexity index is 1290. The fraction of sp³-hybridized carbons (Fsp3) is 0.433. The number of benzene rings is 1. The third-order valence-corrected chi connectivity index (χ3v) is 8.56. The van der Waals surface area contributed by atoms with E-state index in [2.05, 4.69) is 63.1 Å². The summed E-state index contributed by atoms with van der Waals surface area (Å²) in [5.74, 6) is 1.43. The zero-order valence-electron chi connectivity index (χ0n) is 21.1. The lowest BCUT2D eigenvalue weighted by Crippen LogP contribution is -2.54. The van der Waals surface area contributed by atoms with Gasteiger partial charge in [-0.15, -0.1) is 0 Å². The molecule has 2 aromatic rings. The summed E-state index contributed by atoms with van der Waals surface area (Å²) in [4.78, 5) is 6.93. The smallest absolute Gasteiger partial charge is 0.145 e. The van der Waals surface area contributed by atoms with Crippen molar-refractivity contribution in [2.24, 2.45) is 5.92 Å². The minimum atomic E-state index is -0.466. The van der Waals surface area contributed by atoms with Crippen LogP contribution in [-0.2, 0) is 11.2 Å². The van der Waals surface area contributed by atoms with Crippen LogP contribution in [0.25, 0.3) is 0 Å². The maximum Gasteiger partial charge on any atom is 0.145 e. The molecule has 1 fully saturated rings. The minimum Gasteiger partial charge on any atom is -0.483 e. The summed E-state index contributed by atoms with van der Waals surface area (Å²) in [5, 5.41) is 17.3. The number of nitrogens with one attached hydrogen (secondary N) is 2. The molecule has 7 rings (SSSR count). The molecule has 1 spiro atoms. The number of aliphatic hydroxyl groups excluding tert-OH is 1. The highest BCUT2D eigenvalue weighted by molar-refractivity contribution is 5.72. The number of nitrogens with zero attached hydrogens (tertiary/aromatic N) is 2. The van der Waals surface area contributed by atoms with E-state index in [-0.39, 0.29) is 5.60 Å². The standard InChI is InChI=1S/C30H34N4O3/c35-27-8-6-23-25(9-13-31-29(23)27)33-21-5-7-26-28(17-21)37-30(11-15-36-16-12-30)19-34(26)14-10-20-18-32-24-4-2-1-3-22(20)24/h1-2,4-5,7,9,13,17-18,22,27,32,35H,3,6,8,10-12,14-16,19H2,(H,31,33). The molecule has 3 aliphatic heterocycles. The summed E-state index contributed by atoms with van der Waals surface area (Å²) in [7, 11) is 0. The first-order chi connectivity index (χ1) is 18.2. The van der Waals surface area contributed by atoms with E-state index < -0.39 is 6.10 Å². The molecule has 2 unspecified atom stereocenters. The molecule has 1 saturated heterocycles. The highest BCUT2D eigenvalue weighted by atomic mass is 16.5. The zero-order valence-corrected chi connectivity index (χ0v) is 21.1. The number of hydrogen-bond acceptors (Lipinski definition) is 7. The van der Waals surface area contributed by atoms with E-state index in [4.69, 9.17) is 9.47 Å². The van der Waals surface area contributed by atoms with Gasteiger partial charge in [0.15, 0.2) is 0 Å². The quantitative estimate of drug-likeness (QED) is 0.542. The third-order valence-electron chi connectivity index (χ3n) is 8.56. The second kappa shape index (κ2) is 9.23. The topological polar surface area (TPSA) is 78.9 Å². The zero-order chi connectivity index (χ0) is 24.8.